The zero-order valence-corrected chi connectivity index (χ0v) is 9.79. The van der Waals surface area contributed by atoms with Crippen molar-refractivity contribution >= 4 is 17.3 Å². The summed E-state index contributed by atoms with van der Waals surface area (Å²) >= 11 is 5.21. The van der Waals surface area contributed by atoms with Crippen LogP contribution in [0.5, 0.6) is 0 Å². The fourth-order valence-corrected chi connectivity index (χ4v) is 1.88. The van der Waals surface area contributed by atoms with Crippen molar-refractivity contribution in [1.29, 1.82) is 0 Å². The minimum Gasteiger partial charge on any atom is -0.360 e. The summed E-state index contributed by atoms with van der Waals surface area (Å²) in [5.74, 6) is 0.778. The van der Waals surface area contributed by atoms with Gasteiger partial charge in [0.15, 0.2) is 5.11 Å². The van der Waals surface area contributed by atoms with Gasteiger partial charge in [-0.1, -0.05) is 6.92 Å². The van der Waals surface area contributed by atoms with E-state index in [0.29, 0.717) is 6.04 Å². The van der Waals surface area contributed by atoms with Crippen molar-refractivity contribution in [2.45, 2.75) is 52.1 Å². The Balaban J connectivity index is 2.25. The smallest absolute Gasteiger partial charge is 0.166 e. The van der Waals surface area contributed by atoms with Gasteiger partial charge in [0.2, 0.25) is 0 Å². The average Bonchev–Trinajstić information content (AvgIpc) is 1.94. The normalized spacial score (nSPS) is 27.7. The minimum atomic E-state index is 0.0665. The summed E-state index contributed by atoms with van der Waals surface area (Å²) in [5.41, 5.74) is 0.0665. The highest BCUT2D eigenvalue weighted by atomic mass is 32.1. The number of hydrogen-bond donors (Lipinski definition) is 2. The van der Waals surface area contributed by atoms with Crippen molar-refractivity contribution in [3.8, 4) is 0 Å². The molecule has 0 aromatic rings. The van der Waals surface area contributed by atoms with Gasteiger partial charge in [0.1, 0.15) is 0 Å². The topological polar surface area (TPSA) is 24.1 Å². The first-order valence-corrected chi connectivity index (χ1v) is 5.38. The Bertz CT molecular complexity index is 196. The van der Waals surface area contributed by atoms with Crippen LogP contribution < -0.4 is 10.6 Å². The molecule has 2 unspecified atom stereocenters. The molecule has 0 aromatic heterocycles. The third kappa shape index (κ3) is 3.51. The molecule has 1 saturated carbocycles. The second kappa shape index (κ2) is 3.82. The van der Waals surface area contributed by atoms with Gasteiger partial charge >= 0.3 is 0 Å². The largest absolute Gasteiger partial charge is 0.360 e. The lowest BCUT2D eigenvalue weighted by atomic mass is 9.81. The first-order valence-electron chi connectivity index (χ1n) is 4.97. The van der Waals surface area contributed by atoms with Crippen LogP contribution in [0, 0.1) is 5.92 Å². The quantitative estimate of drug-likeness (QED) is 0.634. The zero-order chi connectivity index (χ0) is 10.1. The molecular weight excluding hydrogens is 180 g/mol. The molecule has 0 radical (unpaired) electrons. The molecule has 0 aromatic carbocycles. The van der Waals surface area contributed by atoms with E-state index in [2.05, 4.69) is 38.3 Å². The van der Waals surface area contributed by atoms with Crippen molar-refractivity contribution in [3.63, 3.8) is 0 Å². The summed E-state index contributed by atoms with van der Waals surface area (Å²) in [6.07, 6.45) is 2.59. The van der Waals surface area contributed by atoms with E-state index in [9.17, 15) is 0 Å². The molecule has 0 aliphatic heterocycles. The van der Waals surface area contributed by atoms with E-state index in [1.807, 2.05) is 0 Å². The summed E-state index contributed by atoms with van der Waals surface area (Å²) in [4.78, 5) is 0. The van der Waals surface area contributed by atoms with Crippen molar-refractivity contribution in [2.24, 2.45) is 5.92 Å². The lowest BCUT2D eigenvalue weighted by Gasteiger charge is -2.36. The molecule has 0 saturated heterocycles. The van der Waals surface area contributed by atoms with Crippen molar-refractivity contribution in [1.82, 2.24) is 10.6 Å². The lowest BCUT2D eigenvalue weighted by Crippen LogP contribution is -2.53. The minimum absolute atomic E-state index is 0.0665. The standard InChI is InChI=1S/C10H20N2S/c1-7-5-6-8(7)11-9(13)12-10(2,3)4/h7-8H,5-6H2,1-4H3,(H2,11,12,13). The molecule has 13 heavy (non-hydrogen) atoms. The summed E-state index contributed by atoms with van der Waals surface area (Å²) in [5, 5.41) is 7.40. The summed E-state index contributed by atoms with van der Waals surface area (Å²) in [6.45, 7) is 8.61. The molecule has 0 amide bonds. The number of nitrogens with one attached hydrogen (secondary N) is 2. The SMILES string of the molecule is CC1CCC1NC(=S)NC(C)(C)C. The molecule has 0 spiro atoms. The van der Waals surface area contributed by atoms with Crippen LogP contribution in [-0.2, 0) is 0 Å². The molecule has 0 bridgehead atoms. The highest BCUT2D eigenvalue weighted by Gasteiger charge is 2.27. The van der Waals surface area contributed by atoms with Crippen molar-refractivity contribution in [3.05, 3.63) is 0 Å². The third-order valence-corrected chi connectivity index (χ3v) is 2.64. The molecule has 3 heteroatoms. The lowest BCUT2D eigenvalue weighted by molar-refractivity contribution is 0.255. The Labute approximate surface area is 86.5 Å². The molecular formula is C10H20N2S. The van der Waals surface area contributed by atoms with Crippen molar-refractivity contribution < 1.29 is 0 Å². The third-order valence-electron chi connectivity index (χ3n) is 2.42. The Morgan fingerprint density at radius 1 is 1.31 bits per heavy atom. The van der Waals surface area contributed by atoms with Crippen LogP contribution in [0.15, 0.2) is 0 Å². The molecule has 76 valence electrons. The van der Waals surface area contributed by atoms with E-state index in [1.165, 1.54) is 12.8 Å². The maximum atomic E-state index is 5.21. The molecule has 2 N–H and O–H groups in total. The molecule has 2 nitrogen and oxygen atoms in total. The van der Waals surface area contributed by atoms with E-state index in [1.54, 1.807) is 0 Å². The molecule has 1 rings (SSSR count). The van der Waals surface area contributed by atoms with E-state index in [0.717, 1.165) is 11.0 Å². The van der Waals surface area contributed by atoms with Crippen LogP contribution >= 0.6 is 12.2 Å². The van der Waals surface area contributed by atoms with Crippen LogP contribution in [0.2, 0.25) is 0 Å². The summed E-state index contributed by atoms with van der Waals surface area (Å²) in [6, 6.07) is 0.599. The second-order valence-corrected chi connectivity index (χ2v) is 5.42. The van der Waals surface area contributed by atoms with Gasteiger partial charge in [0, 0.05) is 11.6 Å². The Hall–Kier alpha value is -0.310. The van der Waals surface area contributed by atoms with Crippen LogP contribution in [-0.4, -0.2) is 16.7 Å². The van der Waals surface area contributed by atoms with Gasteiger partial charge in [-0.2, -0.15) is 0 Å². The van der Waals surface area contributed by atoms with E-state index < -0.39 is 0 Å². The Morgan fingerprint density at radius 2 is 1.92 bits per heavy atom. The van der Waals surface area contributed by atoms with Gasteiger partial charge in [0.05, 0.1) is 0 Å². The average molecular weight is 200 g/mol. The fourth-order valence-electron chi connectivity index (χ4n) is 1.43. The highest BCUT2D eigenvalue weighted by Crippen LogP contribution is 2.26. The van der Waals surface area contributed by atoms with E-state index >= 15 is 0 Å². The Kier molecular flexibility index (Phi) is 3.17. The van der Waals surface area contributed by atoms with Gasteiger partial charge in [0.25, 0.3) is 0 Å². The molecule has 1 aliphatic carbocycles. The van der Waals surface area contributed by atoms with Gasteiger partial charge < -0.3 is 10.6 Å². The van der Waals surface area contributed by atoms with Crippen molar-refractivity contribution in [2.75, 3.05) is 0 Å². The predicted molar refractivity (Wildman–Crippen MR) is 60.8 cm³/mol. The van der Waals surface area contributed by atoms with Gasteiger partial charge in [-0.05, 0) is 51.7 Å². The first-order chi connectivity index (χ1) is 5.88. The first kappa shape index (κ1) is 10.8. The molecule has 2 atom stereocenters. The molecule has 1 aliphatic rings. The maximum Gasteiger partial charge on any atom is 0.166 e. The van der Waals surface area contributed by atoms with Gasteiger partial charge in [-0.15, -0.1) is 0 Å². The summed E-state index contributed by atoms with van der Waals surface area (Å²) < 4.78 is 0. The Morgan fingerprint density at radius 3 is 2.23 bits per heavy atom. The molecule has 1 fully saturated rings. The molecule has 0 heterocycles. The summed E-state index contributed by atoms with van der Waals surface area (Å²) in [7, 11) is 0. The monoisotopic (exact) mass is 200 g/mol. The second-order valence-electron chi connectivity index (χ2n) is 5.01. The van der Waals surface area contributed by atoms with Gasteiger partial charge in [-0.3, -0.25) is 0 Å². The zero-order valence-electron chi connectivity index (χ0n) is 8.98. The van der Waals surface area contributed by atoms with Crippen LogP contribution in [0.1, 0.15) is 40.5 Å². The van der Waals surface area contributed by atoms with Crippen LogP contribution in [0.4, 0.5) is 0 Å². The fraction of sp³-hybridized carbons (Fsp3) is 0.900. The highest BCUT2D eigenvalue weighted by molar-refractivity contribution is 7.80. The van der Waals surface area contributed by atoms with E-state index in [4.69, 9.17) is 12.2 Å². The number of thiocarbonyl (C=S) groups is 1. The van der Waals surface area contributed by atoms with Crippen LogP contribution in [0.25, 0.3) is 0 Å². The predicted octanol–water partition coefficient (Wildman–Crippen LogP) is 2.05. The van der Waals surface area contributed by atoms with Crippen LogP contribution in [0.3, 0.4) is 0 Å². The van der Waals surface area contributed by atoms with Gasteiger partial charge in [-0.25, -0.2) is 0 Å². The maximum absolute atomic E-state index is 5.21. The number of hydrogen-bond acceptors (Lipinski definition) is 1. The van der Waals surface area contributed by atoms with E-state index in [-0.39, 0.29) is 5.54 Å². The number of rotatable bonds is 1.